The average Bonchev–Trinajstić information content (AvgIpc) is 3.14. The summed E-state index contributed by atoms with van der Waals surface area (Å²) in [5.74, 6) is -1.19. The number of benzene rings is 2. The van der Waals surface area contributed by atoms with Crippen LogP contribution in [0.15, 0.2) is 54.9 Å². The molecule has 1 aromatic heterocycles. The molecular weight excluding hydrogens is 334 g/mol. The average molecular weight is 353 g/mol. The molecule has 0 spiro atoms. The number of nitrogens with zero attached hydrogens (tertiary/aromatic N) is 1. The summed E-state index contributed by atoms with van der Waals surface area (Å²) in [5, 5.41) is 13.2. The lowest BCUT2D eigenvalue weighted by Crippen LogP contribution is -2.46. The number of carbonyl (C=O) groups excluding carboxylic acids is 2. The molecule has 1 amide bonds. The highest BCUT2D eigenvalue weighted by atomic mass is 16.5. The van der Waals surface area contributed by atoms with Gasteiger partial charge < -0.3 is 20.1 Å². The van der Waals surface area contributed by atoms with Gasteiger partial charge in [-0.25, -0.2) is 9.78 Å². The van der Waals surface area contributed by atoms with Crippen LogP contribution in [-0.2, 0) is 9.53 Å². The minimum atomic E-state index is -1.23. The molecule has 0 bridgehead atoms. The maximum absolute atomic E-state index is 12.6. The van der Waals surface area contributed by atoms with Crippen LogP contribution in [0.2, 0.25) is 0 Å². The van der Waals surface area contributed by atoms with Gasteiger partial charge in [0.1, 0.15) is 6.10 Å². The van der Waals surface area contributed by atoms with Crippen LogP contribution in [0, 0.1) is 0 Å². The molecule has 26 heavy (non-hydrogen) atoms. The molecule has 0 radical (unpaired) electrons. The molecule has 3 rings (SSSR count). The summed E-state index contributed by atoms with van der Waals surface area (Å²) in [5.41, 5.74) is 2.29. The number of imidazole rings is 1. The predicted octanol–water partition coefficient (Wildman–Crippen LogP) is 1.96. The lowest BCUT2D eigenvalue weighted by atomic mass is 10.0. The van der Waals surface area contributed by atoms with Crippen LogP contribution in [0.5, 0.6) is 0 Å². The second-order valence-electron chi connectivity index (χ2n) is 5.69. The zero-order chi connectivity index (χ0) is 18.5. The summed E-state index contributed by atoms with van der Waals surface area (Å²) >= 11 is 0. The van der Waals surface area contributed by atoms with Crippen LogP contribution < -0.4 is 5.32 Å². The normalized spacial score (nSPS) is 13.2. The number of fused-ring (bicyclic) bond motifs is 1. The second kappa shape index (κ2) is 7.79. The molecule has 0 aliphatic carbocycles. The summed E-state index contributed by atoms with van der Waals surface area (Å²) in [6, 6.07) is 12.4. The largest absolute Gasteiger partial charge is 0.464 e. The van der Waals surface area contributed by atoms with E-state index in [9.17, 15) is 14.7 Å². The van der Waals surface area contributed by atoms with E-state index in [2.05, 4.69) is 15.3 Å². The highest BCUT2D eigenvalue weighted by Gasteiger charge is 2.31. The number of H-pyrrole nitrogens is 1. The Morgan fingerprint density at radius 2 is 2.00 bits per heavy atom. The molecule has 2 aromatic carbocycles. The summed E-state index contributed by atoms with van der Waals surface area (Å²) < 4.78 is 5.01. The van der Waals surface area contributed by atoms with E-state index in [1.54, 1.807) is 55.5 Å². The minimum Gasteiger partial charge on any atom is -0.464 e. The van der Waals surface area contributed by atoms with Crippen molar-refractivity contribution in [2.75, 3.05) is 6.61 Å². The molecule has 2 atom stereocenters. The van der Waals surface area contributed by atoms with Crippen molar-refractivity contribution in [2.24, 2.45) is 0 Å². The lowest BCUT2D eigenvalue weighted by molar-refractivity contribution is -0.148. The van der Waals surface area contributed by atoms with E-state index in [0.717, 1.165) is 5.52 Å². The third kappa shape index (κ3) is 3.73. The molecule has 0 aliphatic rings. The predicted molar refractivity (Wildman–Crippen MR) is 95.4 cm³/mol. The maximum atomic E-state index is 12.6. The molecule has 2 unspecified atom stereocenters. The van der Waals surface area contributed by atoms with Crippen molar-refractivity contribution in [3.8, 4) is 0 Å². The summed E-state index contributed by atoms with van der Waals surface area (Å²) in [6.45, 7) is 1.81. The number of aromatic nitrogens is 2. The summed E-state index contributed by atoms with van der Waals surface area (Å²) in [7, 11) is 0. The lowest BCUT2D eigenvalue weighted by Gasteiger charge is -2.23. The topological polar surface area (TPSA) is 104 Å². The van der Waals surface area contributed by atoms with Crippen molar-refractivity contribution in [2.45, 2.75) is 19.1 Å². The Bertz CT molecular complexity index is 907. The fourth-order valence-corrected chi connectivity index (χ4v) is 2.64. The van der Waals surface area contributed by atoms with Crippen LogP contribution in [-0.4, -0.2) is 39.6 Å². The molecule has 0 saturated heterocycles. The van der Waals surface area contributed by atoms with Gasteiger partial charge >= 0.3 is 5.97 Å². The van der Waals surface area contributed by atoms with E-state index in [1.165, 1.54) is 6.33 Å². The number of nitrogens with one attached hydrogen (secondary N) is 2. The van der Waals surface area contributed by atoms with Crippen LogP contribution in [0.3, 0.4) is 0 Å². The van der Waals surface area contributed by atoms with Crippen LogP contribution >= 0.6 is 0 Å². The van der Waals surface area contributed by atoms with Gasteiger partial charge in [0.25, 0.3) is 5.91 Å². The molecule has 3 aromatic rings. The van der Waals surface area contributed by atoms with Gasteiger partial charge in [0, 0.05) is 5.56 Å². The van der Waals surface area contributed by atoms with Crippen molar-refractivity contribution in [3.63, 3.8) is 0 Å². The highest BCUT2D eigenvalue weighted by Crippen LogP contribution is 2.19. The number of aromatic amines is 1. The Balaban J connectivity index is 1.84. The SMILES string of the molecule is CCOC(=O)C(NC(=O)c1ccc2nc[nH]c2c1)C(O)c1ccccc1. The zero-order valence-electron chi connectivity index (χ0n) is 14.2. The molecule has 0 fully saturated rings. The molecule has 134 valence electrons. The van der Waals surface area contributed by atoms with Crippen molar-refractivity contribution in [3.05, 3.63) is 66.0 Å². The number of amides is 1. The van der Waals surface area contributed by atoms with Gasteiger partial charge in [-0.15, -0.1) is 0 Å². The summed E-state index contributed by atoms with van der Waals surface area (Å²) in [6.07, 6.45) is 0.308. The second-order valence-corrected chi connectivity index (χ2v) is 5.69. The smallest absolute Gasteiger partial charge is 0.331 e. The first-order valence-electron chi connectivity index (χ1n) is 8.23. The molecule has 7 heteroatoms. The first-order valence-corrected chi connectivity index (χ1v) is 8.23. The number of hydrogen-bond donors (Lipinski definition) is 3. The Kier molecular flexibility index (Phi) is 5.28. The van der Waals surface area contributed by atoms with Gasteiger partial charge in [0.2, 0.25) is 0 Å². The Labute approximate surface area is 150 Å². The van der Waals surface area contributed by atoms with Crippen LogP contribution in [0.4, 0.5) is 0 Å². The minimum absolute atomic E-state index is 0.146. The van der Waals surface area contributed by atoms with E-state index in [1.807, 2.05) is 0 Å². The Morgan fingerprint density at radius 1 is 1.23 bits per heavy atom. The van der Waals surface area contributed by atoms with E-state index in [-0.39, 0.29) is 6.61 Å². The van der Waals surface area contributed by atoms with E-state index in [4.69, 9.17) is 4.74 Å². The van der Waals surface area contributed by atoms with Gasteiger partial charge in [0.05, 0.1) is 24.0 Å². The number of carbonyl (C=O) groups is 2. The number of hydrogen-bond acceptors (Lipinski definition) is 5. The zero-order valence-corrected chi connectivity index (χ0v) is 14.2. The third-order valence-electron chi connectivity index (χ3n) is 3.97. The Morgan fingerprint density at radius 3 is 2.73 bits per heavy atom. The quantitative estimate of drug-likeness (QED) is 0.588. The van der Waals surface area contributed by atoms with Crippen molar-refractivity contribution >= 4 is 22.9 Å². The molecular formula is C19H19N3O4. The molecule has 7 nitrogen and oxygen atoms in total. The van der Waals surface area contributed by atoms with Crippen LogP contribution in [0.1, 0.15) is 28.9 Å². The first kappa shape index (κ1) is 17.6. The number of aliphatic hydroxyl groups excluding tert-OH is 1. The molecule has 0 saturated carbocycles. The maximum Gasteiger partial charge on any atom is 0.331 e. The van der Waals surface area contributed by atoms with E-state index < -0.39 is 24.0 Å². The fourth-order valence-electron chi connectivity index (χ4n) is 2.64. The monoisotopic (exact) mass is 353 g/mol. The molecule has 0 aliphatic heterocycles. The van der Waals surface area contributed by atoms with E-state index >= 15 is 0 Å². The summed E-state index contributed by atoms with van der Waals surface area (Å²) in [4.78, 5) is 31.9. The number of esters is 1. The highest BCUT2D eigenvalue weighted by molar-refractivity contribution is 5.99. The number of aliphatic hydroxyl groups is 1. The molecule has 1 heterocycles. The van der Waals surface area contributed by atoms with Crippen molar-refractivity contribution < 1.29 is 19.4 Å². The third-order valence-corrected chi connectivity index (χ3v) is 3.97. The Hall–Kier alpha value is -3.19. The van der Waals surface area contributed by atoms with Gasteiger partial charge in [-0.2, -0.15) is 0 Å². The first-order chi connectivity index (χ1) is 12.6. The standard InChI is InChI=1S/C19H19N3O4/c1-2-26-19(25)16(17(23)12-6-4-3-5-7-12)22-18(24)13-8-9-14-15(10-13)21-11-20-14/h3-11,16-17,23H,2H2,1H3,(H,20,21)(H,22,24). The van der Waals surface area contributed by atoms with Crippen molar-refractivity contribution in [1.29, 1.82) is 0 Å². The van der Waals surface area contributed by atoms with Gasteiger partial charge in [-0.1, -0.05) is 30.3 Å². The fraction of sp³-hybridized carbons (Fsp3) is 0.211. The number of rotatable bonds is 6. The van der Waals surface area contributed by atoms with E-state index in [0.29, 0.717) is 16.6 Å². The number of ether oxygens (including phenoxy) is 1. The van der Waals surface area contributed by atoms with Crippen molar-refractivity contribution in [1.82, 2.24) is 15.3 Å². The van der Waals surface area contributed by atoms with Crippen LogP contribution in [0.25, 0.3) is 11.0 Å². The molecule has 3 N–H and O–H groups in total. The van der Waals surface area contributed by atoms with Gasteiger partial charge in [-0.3, -0.25) is 4.79 Å². The van der Waals surface area contributed by atoms with Gasteiger partial charge in [-0.05, 0) is 30.7 Å². The van der Waals surface area contributed by atoms with Gasteiger partial charge in [0.15, 0.2) is 6.04 Å².